The Balaban J connectivity index is 1.26. The SMILES string of the molecule is Nc1nccnc1C(=O)Nc1ccc(CN2CCN(Cc3ccccc3)CC2)cc1. The predicted molar refractivity (Wildman–Crippen MR) is 118 cm³/mol. The third-order valence-corrected chi connectivity index (χ3v) is 5.27. The fourth-order valence-electron chi connectivity index (χ4n) is 3.61. The molecule has 7 heteroatoms. The molecule has 30 heavy (non-hydrogen) atoms. The van der Waals surface area contributed by atoms with Crippen molar-refractivity contribution in [1.29, 1.82) is 0 Å². The van der Waals surface area contributed by atoms with Crippen LogP contribution in [0.2, 0.25) is 0 Å². The normalized spacial score (nSPS) is 15.1. The summed E-state index contributed by atoms with van der Waals surface area (Å²) in [6.45, 7) is 6.17. The monoisotopic (exact) mass is 402 g/mol. The molecule has 2 heterocycles. The quantitative estimate of drug-likeness (QED) is 0.659. The van der Waals surface area contributed by atoms with E-state index in [1.165, 1.54) is 23.5 Å². The molecule has 1 saturated heterocycles. The van der Waals surface area contributed by atoms with Crippen LogP contribution in [-0.2, 0) is 13.1 Å². The van der Waals surface area contributed by atoms with Crippen molar-refractivity contribution in [2.75, 3.05) is 37.2 Å². The van der Waals surface area contributed by atoms with Crippen molar-refractivity contribution in [3.05, 3.63) is 83.8 Å². The van der Waals surface area contributed by atoms with Crippen LogP contribution in [0, 0.1) is 0 Å². The van der Waals surface area contributed by atoms with Gasteiger partial charge in [0, 0.05) is 57.3 Å². The van der Waals surface area contributed by atoms with Gasteiger partial charge in [-0.25, -0.2) is 9.97 Å². The first kappa shape index (κ1) is 20.0. The van der Waals surface area contributed by atoms with Gasteiger partial charge in [-0.1, -0.05) is 42.5 Å². The van der Waals surface area contributed by atoms with E-state index < -0.39 is 0 Å². The van der Waals surface area contributed by atoms with Gasteiger partial charge >= 0.3 is 0 Å². The number of benzene rings is 2. The zero-order chi connectivity index (χ0) is 20.8. The van der Waals surface area contributed by atoms with Crippen LogP contribution < -0.4 is 11.1 Å². The van der Waals surface area contributed by atoms with Gasteiger partial charge in [-0.05, 0) is 23.3 Å². The lowest BCUT2D eigenvalue weighted by Crippen LogP contribution is -2.45. The van der Waals surface area contributed by atoms with Crippen molar-refractivity contribution in [1.82, 2.24) is 19.8 Å². The topological polar surface area (TPSA) is 87.4 Å². The molecule has 1 aromatic heterocycles. The molecule has 3 aromatic rings. The Morgan fingerprint density at radius 2 is 1.40 bits per heavy atom. The van der Waals surface area contributed by atoms with Gasteiger partial charge in [-0.2, -0.15) is 0 Å². The van der Waals surface area contributed by atoms with E-state index in [0.29, 0.717) is 5.69 Å². The molecule has 0 saturated carbocycles. The number of aromatic nitrogens is 2. The highest BCUT2D eigenvalue weighted by atomic mass is 16.1. The molecule has 1 aliphatic rings. The van der Waals surface area contributed by atoms with Gasteiger partial charge in [0.25, 0.3) is 5.91 Å². The van der Waals surface area contributed by atoms with Crippen LogP contribution in [0.4, 0.5) is 11.5 Å². The summed E-state index contributed by atoms with van der Waals surface area (Å²) >= 11 is 0. The molecule has 3 N–H and O–H groups in total. The van der Waals surface area contributed by atoms with E-state index in [2.05, 4.69) is 55.4 Å². The smallest absolute Gasteiger partial charge is 0.278 e. The summed E-state index contributed by atoms with van der Waals surface area (Å²) in [6, 6.07) is 18.5. The first-order chi connectivity index (χ1) is 14.7. The van der Waals surface area contributed by atoms with Crippen molar-refractivity contribution in [2.24, 2.45) is 0 Å². The lowest BCUT2D eigenvalue weighted by Gasteiger charge is -2.34. The summed E-state index contributed by atoms with van der Waals surface area (Å²) in [7, 11) is 0. The molecule has 0 radical (unpaired) electrons. The van der Waals surface area contributed by atoms with Crippen LogP contribution in [0.5, 0.6) is 0 Å². The number of nitrogens with zero attached hydrogens (tertiary/aromatic N) is 4. The third-order valence-electron chi connectivity index (χ3n) is 5.27. The number of anilines is 2. The molecule has 1 aliphatic heterocycles. The maximum atomic E-state index is 12.3. The number of amides is 1. The molecule has 0 unspecified atom stereocenters. The van der Waals surface area contributed by atoms with Gasteiger partial charge in [-0.3, -0.25) is 14.6 Å². The highest BCUT2D eigenvalue weighted by Gasteiger charge is 2.17. The second kappa shape index (κ2) is 9.47. The van der Waals surface area contributed by atoms with Crippen molar-refractivity contribution in [3.63, 3.8) is 0 Å². The molecule has 1 amide bonds. The molecule has 0 spiro atoms. The van der Waals surface area contributed by atoms with E-state index in [9.17, 15) is 4.79 Å². The predicted octanol–water partition coefficient (Wildman–Crippen LogP) is 2.63. The Labute approximate surface area is 176 Å². The fraction of sp³-hybridized carbons (Fsp3) is 0.261. The summed E-state index contributed by atoms with van der Waals surface area (Å²) in [5, 5.41) is 2.82. The lowest BCUT2D eigenvalue weighted by molar-refractivity contribution is 0.102. The van der Waals surface area contributed by atoms with Gasteiger partial charge in [0.05, 0.1) is 0 Å². The van der Waals surface area contributed by atoms with Gasteiger partial charge < -0.3 is 11.1 Å². The highest BCUT2D eigenvalue weighted by Crippen LogP contribution is 2.15. The number of carbonyl (C=O) groups excluding carboxylic acids is 1. The fourth-order valence-corrected chi connectivity index (χ4v) is 3.61. The number of nitrogen functional groups attached to an aromatic ring is 1. The Kier molecular flexibility index (Phi) is 6.32. The average molecular weight is 403 g/mol. The van der Waals surface area contributed by atoms with E-state index in [4.69, 9.17) is 5.73 Å². The van der Waals surface area contributed by atoms with Gasteiger partial charge in [0.1, 0.15) is 0 Å². The maximum absolute atomic E-state index is 12.3. The third kappa shape index (κ3) is 5.20. The Hall–Kier alpha value is -3.29. The van der Waals surface area contributed by atoms with E-state index in [-0.39, 0.29) is 17.4 Å². The maximum Gasteiger partial charge on any atom is 0.278 e. The number of nitrogens with two attached hydrogens (primary N) is 1. The molecule has 1 fully saturated rings. The lowest BCUT2D eigenvalue weighted by atomic mass is 10.1. The largest absolute Gasteiger partial charge is 0.382 e. The van der Waals surface area contributed by atoms with Crippen LogP contribution >= 0.6 is 0 Å². The summed E-state index contributed by atoms with van der Waals surface area (Å²) in [6.07, 6.45) is 2.91. The van der Waals surface area contributed by atoms with Crippen LogP contribution in [0.25, 0.3) is 0 Å². The number of nitrogens with one attached hydrogen (secondary N) is 1. The first-order valence-electron chi connectivity index (χ1n) is 10.1. The van der Waals surface area contributed by atoms with E-state index in [1.54, 1.807) is 0 Å². The summed E-state index contributed by atoms with van der Waals surface area (Å²) in [5.41, 5.74) is 9.15. The van der Waals surface area contributed by atoms with Crippen LogP contribution in [0.15, 0.2) is 67.0 Å². The zero-order valence-corrected chi connectivity index (χ0v) is 16.9. The molecule has 2 aromatic carbocycles. The van der Waals surface area contributed by atoms with Gasteiger partial charge in [0.15, 0.2) is 11.5 Å². The summed E-state index contributed by atoms with van der Waals surface area (Å²) in [4.78, 5) is 25.1. The van der Waals surface area contributed by atoms with E-state index >= 15 is 0 Å². The Morgan fingerprint density at radius 3 is 2.00 bits per heavy atom. The van der Waals surface area contributed by atoms with Crippen molar-refractivity contribution in [3.8, 4) is 0 Å². The summed E-state index contributed by atoms with van der Waals surface area (Å²) < 4.78 is 0. The minimum atomic E-state index is -0.358. The molecular weight excluding hydrogens is 376 g/mol. The number of hydrogen-bond acceptors (Lipinski definition) is 6. The standard InChI is InChI=1S/C23H26N6O/c24-22-21(25-10-11-26-22)23(30)27-20-8-6-19(7-9-20)17-29-14-12-28(13-15-29)16-18-4-2-1-3-5-18/h1-11H,12-17H2,(H2,24,26)(H,27,30). The second-order valence-corrected chi connectivity index (χ2v) is 7.48. The number of carbonyl (C=O) groups is 1. The van der Waals surface area contributed by atoms with Gasteiger partial charge in [-0.15, -0.1) is 0 Å². The molecule has 0 atom stereocenters. The van der Waals surface area contributed by atoms with Crippen molar-refractivity contribution in [2.45, 2.75) is 13.1 Å². The van der Waals surface area contributed by atoms with Crippen LogP contribution in [0.1, 0.15) is 21.6 Å². The van der Waals surface area contributed by atoms with Crippen LogP contribution in [0.3, 0.4) is 0 Å². The van der Waals surface area contributed by atoms with E-state index in [1.807, 2.05) is 24.3 Å². The molecule has 7 nitrogen and oxygen atoms in total. The zero-order valence-electron chi connectivity index (χ0n) is 16.9. The first-order valence-corrected chi connectivity index (χ1v) is 10.1. The Bertz CT molecular complexity index is 968. The second-order valence-electron chi connectivity index (χ2n) is 7.48. The molecule has 0 aliphatic carbocycles. The Morgan fingerprint density at radius 1 is 0.833 bits per heavy atom. The highest BCUT2D eigenvalue weighted by molar-refractivity contribution is 6.05. The molecule has 0 bridgehead atoms. The number of rotatable bonds is 6. The van der Waals surface area contributed by atoms with Crippen molar-refractivity contribution < 1.29 is 4.79 Å². The van der Waals surface area contributed by atoms with E-state index in [0.717, 1.165) is 39.3 Å². The summed E-state index contributed by atoms with van der Waals surface area (Å²) in [5.74, 6) is -0.235. The minimum absolute atomic E-state index is 0.123. The number of piperazine rings is 1. The minimum Gasteiger partial charge on any atom is -0.382 e. The van der Waals surface area contributed by atoms with Gasteiger partial charge in [0.2, 0.25) is 0 Å². The average Bonchev–Trinajstić information content (AvgIpc) is 2.77. The molecular formula is C23H26N6O. The number of hydrogen-bond donors (Lipinski definition) is 2. The molecule has 154 valence electrons. The van der Waals surface area contributed by atoms with Crippen LogP contribution in [-0.4, -0.2) is 51.9 Å². The van der Waals surface area contributed by atoms with Crippen molar-refractivity contribution >= 4 is 17.4 Å². The molecule has 4 rings (SSSR count).